The molecule has 18 heavy (non-hydrogen) atoms. The summed E-state index contributed by atoms with van der Waals surface area (Å²) < 4.78 is 0. The molecule has 0 N–H and O–H groups in total. The van der Waals surface area contributed by atoms with Crippen molar-refractivity contribution in [3.05, 3.63) is 30.1 Å². The van der Waals surface area contributed by atoms with E-state index in [0.29, 0.717) is 11.2 Å². The smallest absolute Gasteiger partial charge is 0.142 e. The van der Waals surface area contributed by atoms with Gasteiger partial charge < -0.3 is 0 Å². The van der Waals surface area contributed by atoms with Crippen LogP contribution in [0, 0.1) is 10.8 Å². The normalized spacial score (nSPS) is 37.2. The molecule has 2 heterocycles. The number of hydrogen-bond donors (Lipinski definition) is 0. The molecule has 1 saturated heterocycles. The molecule has 1 aliphatic heterocycles. The topological polar surface area (TPSA) is 33.2 Å². The van der Waals surface area contributed by atoms with Gasteiger partial charge in [-0.3, -0.25) is 14.7 Å². The van der Waals surface area contributed by atoms with E-state index in [1.165, 1.54) is 12.8 Å². The maximum absolute atomic E-state index is 12.5. The predicted octanol–water partition coefficient (Wildman–Crippen LogP) is 2.20. The van der Waals surface area contributed by atoms with Gasteiger partial charge in [0.15, 0.2) is 0 Å². The summed E-state index contributed by atoms with van der Waals surface area (Å²) in [6, 6.07) is 6.27. The SMILES string of the molecule is CN1CCC(=O)[C@@]2(CC23CC3)[C@@H]1c1ccccn1. The van der Waals surface area contributed by atoms with Crippen molar-refractivity contribution in [2.75, 3.05) is 13.6 Å². The minimum absolute atomic E-state index is 0.0889. The van der Waals surface area contributed by atoms with Gasteiger partial charge in [0.1, 0.15) is 5.78 Å². The third-order valence-electron chi connectivity index (χ3n) is 5.36. The van der Waals surface area contributed by atoms with Crippen LogP contribution in [0.1, 0.15) is 37.4 Å². The first-order chi connectivity index (χ1) is 8.70. The Morgan fingerprint density at radius 1 is 1.39 bits per heavy atom. The molecule has 0 bridgehead atoms. The largest absolute Gasteiger partial charge is 0.299 e. The second-order valence-corrected chi connectivity index (χ2v) is 6.24. The van der Waals surface area contributed by atoms with Crippen LogP contribution in [0.25, 0.3) is 0 Å². The number of nitrogens with zero attached hydrogens (tertiary/aromatic N) is 2. The monoisotopic (exact) mass is 242 g/mol. The average Bonchev–Trinajstić information content (AvgIpc) is 3.28. The molecule has 2 aliphatic carbocycles. The zero-order chi connectivity index (χ0) is 12.4. The number of Topliss-reactive ketones (excluding diaryl/α,β-unsaturated/α-hetero) is 1. The lowest BCUT2D eigenvalue weighted by atomic mass is 9.80. The fourth-order valence-electron chi connectivity index (χ4n) is 4.22. The Morgan fingerprint density at radius 2 is 2.22 bits per heavy atom. The van der Waals surface area contributed by atoms with Crippen LogP contribution >= 0.6 is 0 Å². The van der Waals surface area contributed by atoms with E-state index in [9.17, 15) is 4.79 Å². The van der Waals surface area contributed by atoms with Crippen LogP contribution in [0.5, 0.6) is 0 Å². The number of hydrogen-bond acceptors (Lipinski definition) is 3. The molecule has 1 aromatic heterocycles. The molecule has 2 saturated carbocycles. The van der Waals surface area contributed by atoms with E-state index in [1.807, 2.05) is 18.3 Å². The van der Waals surface area contributed by atoms with Crippen molar-refractivity contribution in [3.8, 4) is 0 Å². The Balaban J connectivity index is 1.81. The van der Waals surface area contributed by atoms with Gasteiger partial charge in [-0.05, 0) is 43.9 Å². The number of ketones is 1. The van der Waals surface area contributed by atoms with E-state index in [0.717, 1.165) is 25.1 Å². The van der Waals surface area contributed by atoms with Gasteiger partial charge in [-0.2, -0.15) is 0 Å². The highest BCUT2D eigenvalue weighted by Gasteiger charge is 2.80. The van der Waals surface area contributed by atoms with Crippen molar-refractivity contribution < 1.29 is 4.79 Å². The van der Waals surface area contributed by atoms with Crippen molar-refractivity contribution in [1.29, 1.82) is 0 Å². The number of fused-ring (bicyclic) bond motifs is 1. The summed E-state index contributed by atoms with van der Waals surface area (Å²) in [6.45, 7) is 0.873. The van der Waals surface area contributed by atoms with E-state index >= 15 is 0 Å². The highest BCUT2D eigenvalue weighted by Crippen LogP contribution is 2.83. The summed E-state index contributed by atoms with van der Waals surface area (Å²) in [7, 11) is 2.14. The van der Waals surface area contributed by atoms with Crippen LogP contribution in [0.2, 0.25) is 0 Å². The fraction of sp³-hybridized carbons (Fsp3) is 0.600. The quantitative estimate of drug-likeness (QED) is 0.757. The summed E-state index contributed by atoms with van der Waals surface area (Å²) in [5.41, 5.74) is 1.35. The van der Waals surface area contributed by atoms with E-state index < -0.39 is 0 Å². The summed E-state index contributed by atoms with van der Waals surface area (Å²) >= 11 is 0. The van der Waals surface area contributed by atoms with Crippen molar-refractivity contribution in [2.24, 2.45) is 10.8 Å². The molecule has 4 rings (SSSR count). The summed E-state index contributed by atoms with van der Waals surface area (Å²) in [6.07, 6.45) is 6.16. The van der Waals surface area contributed by atoms with Gasteiger partial charge in [-0.1, -0.05) is 6.07 Å². The Labute approximate surface area is 107 Å². The van der Waals surface area contributed by atoms with E-state index in [2.05, 4.69) is 23.0 Å². The van der Waals surface area contributed by atoms with Crippen molar-refractivity contribution in [2.45, 2.75) is 31.7 Å². The van der Waals surface area contributed by atoms with Crippen molar-refractivity contribution in [3.63, 3.8) is 0 Å². The Morgan fingerprint density at radius 3 is 2.83 bits per heavy atom. The fourth-order valence-corrected chi connectivity index (χ4v) is 4.22. The van der Waals surface area contributed by atoms with Gasteiger partial charge in [-0.25, -0.2) is 0 Å². The number of pyridine rings is 1. The number of likely N-dealkylation sites (tertiary alicyclic amines) is 1. The van der Waals surface area contributed by atoms with Crippen molar-refractivity contribution in [1.82, 2.24) is 9.88 Å². The molecule has 3 nitrogen and oxygen atoms in total. The van der Waals surface area contributed by atoms with E-state index in [4.69, 9.17) is 0 Å². The first-order valence-electron chi connectivity index (χ1n) is 6.84. The van der Waals surface area contributed by atoms with Gasteiger partial charge in [0.05, 0.1) is 17.2 Å². The first kappa shape index (κ1) is 10.7. The highest BCUT2D eigenvalue weighted by atomic mass is 16.1. The number of piperidine rings is 1. The van der Waals surface area contributed by atoms with Crippen LogP contribution in [0.4, 0.5) is 0 Å². The van der Waals surface area contributed by atoms with Crippen LogP contribution < -0.4 is 0 Å². The van der Waals surface area contributed by atoms with Gasteiger partial charge in [0.25, 0.3) is 0 Å². The molecule has 0 radical (unpaired) electrons. The Bertz CT molecular complexity index is 508. The maximum atomic E-state index is 12.5. The van der Waals surface area contributed by atoms with Gasteiger partial charge in [0.2, 0.25) is 0 Å². The second-order valence-electron chi connectivity index (χ2n) is 6.24. The van der Waals surface area contributed by atoms with Gasteiger partial charge >= 0.3 is 0 Å². The minimum Gasteiger partial charge on any atom is -0.299 e. The van der Waals surface area contributed by atoms with Gasteiger partial charge in [0, 0.05) is 19.2 Å². The first-order valence-corrected chi connectivity index (χ1v) is 6.84. The molecule has 94 valence electrons. The minimum atomic E-state index is -0.0889. The van der Waals surface area contributed by atoms with Crippen LogP contribution in [-0.4, -0.2) is 29.3 Å². The van der Waals surface area contributed by atoms with E-state index in [-0.39, 0.29) is 11.5 Å². The number of rotatable bonds is 1. The molecular formula is C15H18N2O. The number of carbonyl (C=O) groups excluding carboxylic acids is 1. The predicted molar refractivity (Wildman–Crippen MR) is 67.9 cm³/mol. The lowest BCUT2D eigenvalue weighted by molar-refractivity contribution is -0.132. The highest BCUT2D eigenvalue weighted by molar-refractivity contribution is 5.92. The molecule has 0 unspecified atom stereocenters. The molecule has 3 fully saturated rings. The summed E-state index contributed by atoms with van der Waals surface area (Å²) in [5.74, 6) is 0.494. The average molecular weight is 242 g/mol. The summed E-state index contributed by atoms with van der Waals surface area (Å²) in [4.78, 5) is 19.4. The Kier molecular flexibility index (Phi) is 1.90. The van der Waals surface area contributed by atoms with Crippen molar-refractivity contribution >= 4 is 5.78 Å². The molecule has 3 aliphatic rings. The van der Waals surface area contributed by atoms with Gasteiger partial charge in [-0.15, -0.1) is 0 Å². The number of aromatic nitrogens is 1. The molecule has 0 aromatic carbocycles. The van der Waals surface area contributed by atoms with Crippen LogP contribution in [0.3, 0.4) is 0 Å². The molecule has 2 atom stereocenters. The zero-order valence-electron chi connectivity index (χ0n) is 10.7. The lowest BCUT2D eigenvalue weighted by Gasteiger charge is -2.39. The molecule has 0 amide bonds. The third kappa shape index (κ3) is 1.13. The molecule has 1 aromatic rings. The van der Waals surface area contributed by atoms with E-state index in [1.54, 1.807) is 0 Å². The molecule has 2 spiro atoms. The second kappa shape index (κ2) is 3.21. The lowest BCUT2D eigenvalue weighted by Crippen LogP contribution is -2.44. The summed E-state index contributed by atoms with van der Waals surface area (Å²) in [5, 5.41) is 0. The van der Waals surface area contributed by atoms with Crippen LogP contribution in [-0.2, 0) is 4.79 Å². The molecule has 3 heteroatoms. The molecular weight excluding hydrogens is 224 g/mol. The third-order valence-corrected chi connectivity index (χ3v) is 5.36. The standard InChI is InChI=1S/C15H18N2O/c1-17-9-5-12(18)15(10-14(15)6-7-14)13(17)11-4-2-3-8-16-11/h2-4,8,13H,5-7,9-10H2,1H3/t13-,15-/m0/s1. The maximum Gasteiger partial charge on any atom is 0.142 e. The number of carbonyl (C=O) groups is 1. The Hall–Kier alpha value is -1.22. The zero-order valence-corrected chi connectivity index (χ0v) is 10.7. The van der Waals surface area contributed by atoms with Crippen LogP contribution in [0.15, 0.2) is 24.4 Å².